The third-order valence-electron chi connectivity index (χ3n) is 5.32. The summed E-state index contributed by atoms with van der Waals surface area (Å²) in [6.07, 6.45) is 0.498. The molecule has 0 spiro atoms. The Morgan fingerprint density at radius 1 is 1.10 bits per heavy atom. The number of nitrogens with zero attached hydrogens (tertiary/aromatic N) is 1. The number of fused-ring (bicyclic) bond motifs is 1. The largest absolute Gasteiger partial charge is 0.466 e. The summed E-state index contributed by atoms with van der Waals surface area (Å²) in [5, 5.41) is 6.21. The Bertz CT molecular complexity index is 1170. The number of hydrogen-bond acceptors (Lipinski definition) is 6. The van der Waals surface area contributed by atoms with Crippen LogP contribution in [0.15, 0.2) is 36.4 Å². The number of esters is 1. The van der Waals surface area contributed by atoms with Gasteiger partial charge < -0.3 is 15.4 Å². The van der Waals surface area contributed by atoms with Crippen LogP contribution in [0, 0.1) is 25.7 Å². The molecule has 1 saturated carbocycles. The zero-order valence-corrected chi connectivity index (χ0v) is 18.3. The SMILES string of the molecule is CCOC(=O)C1CC1C(=O)Nc1nc2ccc(C(=O)Nc3c(C)cccc3C)cc2s1. The monoisotopic (exact) mass is 437 g/mol. The fraction of sp³-hybridized carbons (Fsp3) is 0.304. The van der Waals surface area contributed by atoms with E-state index in [2.05, 4.69) is 15.6 Å². The fourth-order valence-electron chi connectivity index (χ4n) is 3.51. The number of aromatic nitrogens is 1. The lowest BCUT2D eigenvalue weighted by Gasteiger charge is -2.11. The van der Waals surface area contributed by atoms with Crippen LogP contribution in [0.5, 0.6) is 0 Å². The highest BCUT2D eigenvalue weighted by molar-refractivity contribution is 7.22. The van der Waals surface area contributed by atoms with E-state index in [1.54, 1.807) is 25.1 Å². The van der Waals surface area contributed by atoms with Crippen LogP contribution in [-0.2, 0) is 14.3 Å². The average molecular weight is 438 g/mol. The second-order valence-electron chi connectivity index (χ2n) is 7.61. The molecule has 0 saturated heterocycles. The smallest absolute Gasteiger partial charge is 0.309 e. The molecule has 1 aromatic heterocycles. The molecule has 2 amide bonds. The molecule has 0 bridgehead atoms. The Hall–Kier alpha value is -3.26. The third kappa shape index (κ3) is 4.44. The molecule has 2 N–H and O–H groups in total. The summed E-state index contributed by atoms with van der Waals surface area (Å²) >= 11 is 1.30. The van der Waals surface area contributed by atoms with Gasteiger partial charge in [-0.25, -0.2) is 4.98 Å². The summed E-state index contributed by atoms with van der Waals surface area (Å²) in [4.78, 5) is 41.3. The number of benzene rings is 2. The number of hydrogen-bond donors (Lipinski definition) is 2. The van der Waals surface area contributed by atoms with E-state index in [-0.39, 0.29) is 29.6 Å². The van der Waals surface area contributed by atoms with Crippen molar-refractivity contribution in [2.24, 2.45) is 11.8 Å². The molecule has 7 nitrogen and oxygen atoms in total. The van der Waals surface area contributed by atoms with Gasteiger partial charge in [0.2, 0.25) is 5.91 Å². The summed E-state index contributed by atoms with van der Waals surface area (Å²) in [6, 6.07) is 11.1. The predicted octanol–water partition coefficient (Wildman–Crippen LogP) is 4.30. The van der Waals surface area contributed by atoms with Gasteiger partial charge in [-0.2, -0.15) is 0 Å². The molecular formula is C23H23N3O4S. The van der Waals surface area contributed by atoms with E-state index >= 15 is 0 Å². The molecule has 3 aromatic rings. The van der Waals surface area contributed by atoms with Gasteiger partial charge in [0.05, 0.1) is 28.7 Å². The number of carbonyl (C=O) groups excluding carboxylic acids is 3. The Labute approximate surface area is 183 Å². The second-order valence-corrected chi connectivity index (χ2v) is 8.64. The van der Waals surface area contributed by atoms with Crippen LogP contribution >= 0.6 is 11.3 Å². The molecule has 1 heterocycles. The van der Waals surface area contributed by atoms with E-state index < -0.39 is 0 Å². The summed E-state index contributed by atoms with van der Waals surface area (Å²) in [7, 11) is 0. The minimum atomic E-state index is -0.371. The first-order valence-electron chi connectivity index (χ1n) is 10.1. The van der Waals surface area contributed by atoms with E-state index in [1.165, 1.54) is 11.3 Å². The summed E-state index contributed by atoms with van der Waals surface area (Å²) in [5.41, 5.74) is 4.02. The maximum absolute atomic E-state index is 12.8. The molecule has 2 aromatic carbocycles. The highest BCUT2D eigenvalue weighted by atomic mass is 32.1. The fourth-order valence-corrected chi connectivity index (χ4v) is 4.42. The van der Waals surface area contributed by atoms with E-state index in [0.29, 0.717) is 29.2 Å². The molecule has 0 aliphatic heterocycles. The van der Waals surface area contributed by atoms with Gasteiger partial charge in [0.15, 0.2) is 5.13 Å². The highest BCUT2D eigenvalue weighted by Crippen LogP contribution is 2.40. The Kier molecular flexibility index (Phi) is 5.73. The van der Waals surface area contributed by atoms with Gasteiger partial charge in [-0.05, 0) is 56.5 Å². The first-order valence-corrected chi connectivity index (χ1v) is 10.9. The summed E-state index contributed by atoms with van der Waals surface area (Å²) in [5.74, 6) is -1.50. The lowest BCUT2D eigenvalue weighted by atomic mass is 10.1. The number of carbonyl (C=O) groups is 3. The van der Waals surface area contributed by atoms with Crippen molar-refractivity contribution in [3.8, 4) is 0 Å². The van der Waals surface area contributed by atoms with E-state index in [0.717, 1.165) is 21.5 Å². The van der Waals surface area contributed by atoms with Crippen LogP contribution in [0.2, 0.25) is 0 Å². The van der Waals surface area contributed by atoms with Crippen LogP contribution in [0.25, 0.3) is 10.2 Å². The standard InChI is InChI=1S/C23H23N3O4S/c1-4-30-22(29)16-11-15(16)21(28)26-23-24-17-9-8-14(10-18(17)31-23)20(27)25-19-12(2)6-5-7-13(19)3/h5-10,15-16H,4,11H2,1-3H3,(H,25,27)(H,24,26,28). The molecule has 1 fully saturated rings. The molecule has 8 heteroatoms. The van der Waals surface area contributed by atoms with Gasteiger partial charge in [-0.1, -0.05) is 29.5 Å². The number of amides is 2. The maximum Gasteiger partial charge on any atom is 0.309 e. The second kappa shape index (κ2) is 8.47. The number of nitrogens with one attached hydrogen (secondary N) is 2. The zero-order chi connectivity index (χ0) is 22.1. The molecule has 4 rings (SSSR count). The van der Waals surface area contributed by atoms with Crippen LogP contribution in [0.1, 0.15) is 34.8 Å². The lowest BCUT2D eigenvalue weighted by Crippen LogP contribution is -2.17. The topological polar surface area (TPSA) is 97.4 Å². The number of ether oxygens (including phenoxy) is 1. The predicted molar refractivity (Wildman–Crippen MR) is 120 cm³/mol. The van der Waals surface area contributed by atoms with Crippen molar-refractivity contribution in [2.45, 2.75) is 27.2 Å². The molecule has 1 aliphatic rings. The highest BCUT2D eigenvalue weighted by Gasteiger charge is 2.49. The van der Waals surface area contributed by atoms with Crippen molar-refractivity contribution in [3.63, 3.8) is 0 Å². The minimum absolute atomic E-state index is 0.200. The number of para-hydroxylation sites is 1. The van der Waals surface area contributed by atoms with E-state index in [1.807, 2.05) is 32.0 Å². The number of rotatable bonds is 6. The van der Waals surface area contributed by atoms with Gasteiger partial charge >= 0.3 is 5.97 Å². The molecular weight excluding hydrogens is 414 g/mol. The van der Waals surface area contributed by atoms with Crippen molar-refractivity contribution in [1.29, 1.82) is 0 Å². The number of thiazole rings is 1. The minimum Gasteiger partial charge on any atom is -0.466 e. The van der Waals surface area contributed by atoms with Gasteiger partial charge in [0.1, 0.15) is 0 Å². The van der Waals surface area contributed by atoms with E-state index in [4.69, 9.17) is 4.74 Å². The van der Waals surface area contributed by atoms with Gasteiger partial charge in [-0.15, -0.1) is 0 Å². The third-order valence-corrected chi connectivity index (χ3v) is 6.25. The van der Waals surface area contributed by atoms with Crippen molar-refractivity contribution in [1.82, 2.24) is 4.98 Å². The molecule has 2 unspecified atom stereocenters. The normalized spacial score (nSPS) is 17.3. The quantitative estimate of drug-likeness (QED) is 0.560. The Morgan fingerprint density at radius 2 is 1.84 bits per heavy atom. The van der Waals surface area contributed by atoms with Crippen LogP contribution in [0.3, 0.4) is 0 Å². The Morgan fingerprint density at radius 3 is 2.55 bits per heavy atom. The van der Waals surface area contributed by atoms with Crippen molar-refractivity contribution >= 4 is 50.2 Å². The van der Waals surface area contributed by atoms with Crippen molar-refractivity contribution in [2.75, 3.05) is 17.2 Å². The lowest BCUT2D eigenvalue weighted by molar-refractivity contribution is -0.145. The molecule has 1 aliphatic carbocycles. The Balaban J connectivity index is 1.45. The maximum atomic E-state index is 12.8. The van der Waals surface area contributed by atoms with Gasteiger partial charge in [0.25, 0.3) is 5.91 Å². The molecule has 0 radical (unpaired) electrons. The van der Waals surface area contributed by atoms with Crippen molar-refractivity contribution < 1.29 is 19.1 Å². The zero-order valence-electron chi connectivity index (χ0n) is 17.5. The summed E-state index contributed by atoms with van der Waals surface area (Å²) in [6.45, 7) is 5.96. The van der Waals surface area contributed by atoms with Crippen molar-refractivity contribution in [3.05, 3.63) is 53.1 Å². The molecule has 31 heavy (non-hydrogen) atoms. The van der Waals surface area contributed by atoms with Crippen LogP contribution in [0.4, 0.5) is 10.8 Å². The van der Waals surface area contributed by atoms with Crippen LogP contribution in [-0.4, -0.2) is 29.4 Å². The average Bonchev–Trinajstić information content (AvgIpc) is 3.44. The first-order chi connectivity index (χ1) is 14.9. The molecule has 2 atom stereocenters. The number of anilines is 2. The van der Waals surface area contributed by atoms with Gasteiger partial charge in [-0.3, -0.25) is 14.4 Å². The van der Waals surface area contributed by atoms with Gasteiger partial charge in [0, 0.05) is 11.3 Å². The van der Waals surface area contributed by atoms with Crippen LogP contribution < -0.4 is 10.6 Å². The summed E-state index contributed by atoms with van der Waals surface area (Å²) < 4.78 is 5.76. The number of aryl methyl sites for hydroxylation is 2. The van der Waals surface area contributed by atoms with E-state index in [9.17, 15) is 14.4 Å². The molecule has 160 valence electrons. The first kappa shape index (κ1) is 21.0.